The van der Waals surface area contributed by atoms with Gasteiger partial charge in [-0.3, -0.25) is 0 Å². The molecule has 0 radical (unpaired) electrons. The van der Waals surface area contributed by atoms with E-state index >= 15 is 0 Å². The maximum atomic E-state index is 6.44. The number of para-hydroxylation sites is 2. The van der Waals surface area contributed by atoms with E-state index in [0.717, 1.165) is 55.7 Å². The van der Waals surface area contributed by atoms with Crippen molar-refractivity contribution in [2.24, 2.45) is 0 Å². The molecule has 0 fully saturated rings. The van der Waals surface area contributed by atoms with Crippen LogP contribution in [-0.2, 0) is 0 Å². The summed E-state index contributed by atoms with van der Waals surface area (Å²) >= 11 is 0. The van der Waals surface area contributed by atoms with E-state index in [0.29, 0.717) is 0 Å². The molecule has 11 aromatic carbocycles. The third-order valence-corrected chi connectivity index (χ3v) is 12.9. The van der Waals surface area contributed by atoms with Gasteiger partial charge in [0, 0.05) is 33.4 Å². The molecule has 66 heavy (non-hydrogen) atoms. The topological polar surface area (TPSA) is 16.4 Å². The van der Waals surface area contributed by atoms with Gasteiger partial charge in [-0.25, -0.2) is 0 Å². The fourth-order valence-electron chi connectivity index (χ4n) is 9.43. The van der Waals surface area contributed by atoms with E-state index in [2.05, 4.69) is 254 Å². The van der Waals surface area contributed by atoms with Crippen molar-refractivity contribution in [2.75, 3.05) is 4.90 Å². The minimum atomic E-state index is 0.902. The molecule has 1 heterocycles. The van der Waals surface area contributed by atoms with Crippen molar-refractivity contribution in [3.63, 3.8) is 0 Å². The fraction of sp³-hybridized carbons (Fsp3) is 0. The summed E-state index contributed by atoms with van der Waals surface area (Å²) in [5.74, 6) is 0. The molecule has 310 valence electrons. The Labute approximate surface area is 384 Å². The Morgan fingerprint density at radius 3 is 1.24 bits per heavy atom. The van der Waals surface area contributed by atoms with E-state index in [1.165, 1.54) is 60.8 Å². The molecular weight excluding hydrogens is 799 g/mol. The first-order chi connectivity index (χ1) is 32.7. The first-order valence-corrected chi connectivity index (χ1v) is 22.6. The number of benzene rings is 11. The molecule has 0 atom stereocenters. The molecule has 0 saturated heterocycles. The highest BCUT2D eigenvalue weighted by Gasteiger charge is 2.16. The van der Waals surface area contributed by atoms with Crippen molar-refractivity contribution in [3.8, 4) is 66.8 Å². The minimum Gasteiger partial charge on any atom is -0.455 e. The van der Waals surface area contributed by atoms with Crippen LogP contribution in [0, 0.1) is 0 Å². The number of furan rings is 1. The van der Waals surface area contributed by atoms with Gasteiger partial charge in [-0.1, -0.05) is 200 Å². The second-order valence-electron chi connectivity index (χ2n) is 16.9. The number of hydrogen-bond acceptors (Lipinski definition) is 2. The van der Waals surface area contributed by atoms with Crippen molar-refractivity contribution >= 4 is 49.8 Å². The van der Waals surface area contributed by atoms with E-state index in [9.17, 15) is 0 Å². The first kappa shape index (κ1) is 38.9. The largest absolute Gasteiger partial charge is 0.455 e. The second-order valence-corrected chi connectivity index (χ2v) is 16.9. The van der Waals surface area contributed by atoms with Crippen molar-refractivity contribution in [2.45, 2.75) is 0 Å². The van der Waals surface area contributed by atoms with Crippen LogP contribution in [0.25, 0.3) is 99.5 Å². The average molecular weight is 842 g/mol. The zero-order valence-corrected chi connectivity index (χ0v) is 36.2. The van der Waals surface area contributed by atoms with Crippen molar-refractivity contribution in [1.82, 2.24) is 0 Å². The van der Waals surface area contributed by atoms with Crippen molar-refractivity contribution in [3.05, 3.63) is 261 Å². The van der Waals surface area contributed by atoms with Crippen LogP contribution in [0.2, 0.25) is 0 Å². The van der Waals surface area contributed by atoms with Crippen LogP contribution in [0.3, 0.4) is 0 Å². The van der Waals surface area contributed by atoms with Gasteiger partial charge in [0.2, 0.25) is 0 Å². The molecule has 0 amide bonds. The van der Waals surface area contributed by atoms with Gasteiger partial charge in [0.05, 0.1) is 0 Å². The summed E-state index contributed by atoms with van der Waals surface area (Å²) in [6, 6.07) is 93.8. The van der Waals surface area contributed by atoms with E-state index < -0.39 is 0 Å². The summed E-state index contributed by atoms with van der Waals surface area (Å²) in [7, 11) is 0. The predicted octanol–water partition coefficient (Wildman–Crippen LogP) is 18.2. The molecule has 0 N–H and O–H groups in total. The SMILES string of the molecule is c1ccc(-c2ccc(-c3ccc(N(c4ccc(-c5cccc(-c6cccc(-c7ccc8ccccc8c7)c6)c5)cc4)c4ccc(-c5cccc6c5oc5ccccc56)cc4)cc3)cc2)cc1. The Bertz CT molecular complexity index is 3660. The molecule has 0 spiro atoms. The van der Waals surface area contributed by atoms with Crippen molar-refractivity contribution in [1.29, 1.82) is 0 Å². The number of hydrogen-bond donors (Lipinski definition) is 0. The van der Waals surface area contributed by atoms with Crippen LogP contribution in [0.5, 0.6) is 0 Å². The van der Waals surface area contributed by atoms with Gasteiger partial charge >= 0.3 is 0 Å². The lowest BCUT2D eigenvalue weighted by molar-refractivity contribution is 0.670. The van der Waals surface area contributed by atoms with E-state index in [1.807, 2.05) is 12.1 Å². The van der Waals surface area contributed by atoms with Crippen LogP contribution < -0.4 is 4.90 Å². The molecule has 0 unspecified atom stereocenters. The summed E-state index contributed by atoms with van der Waals surface area (Å²) in [4.78, 5) is 2.34. The maximum absolute atomic E-state index is 6.44. The third kappa shape index (κ3) is 7.41. The standard InChI is InChI=1S/C64H43NO/c1-2-11-44(12-3-1)46-23-25-47(26-24-46)48-29-35-57(36-30-48)65(59-39-33-50(34-40-59)60-20-10-21-62-61-19-6-7-22-63(61)66-64(60)62)58-37-31-49(32-38-58)52-15-8-16-53(41-52)54-17-9-18-55(43-54)56-28-27-45-13-4-5-14-51(45)42-56/h1-43H. The van der Waals surface area contributed by atoms with Gasteiger partial charge < -0.3 is 9.32 Å². The van der Waals surface area contributed by atoms with Gasteiger partial charge in [0.25, 0.3) is 0 Å². The van der Waals surface area contributed by atoms with Gasteiger partial charge in [-0.2, -0.15) is 0 Å². The lowest BCUT2D eigenvalue weighted by atomic mass is 9.95. The van der Waals surface area contributed by atoms with Crippen LogP contribution in [0.15, 0.2) is 265 Å². The van der Waals surface area contributed by atoms with Crippen LogP contribution in [-0.4, -0.2) is 0 Å². The normalized spacial score (nSPS) is 11.3. The summed E-state index contributed by atoms with van der Waals surface area (Å²) in [6.45, 7) is 0. The Morgan fingerprint density at radius 2 is 0.636 bits per heavy atom. The molecule has 12 rings (SSSR count). The highest BCUT2D eigenvalue weighted by Crippen LogP contribution is 2.41. The molecule has 0 bridgehead atoms. The predicted molar refractivity (Wildman–Crippen MR) is 279 cm³/mol. The van der Waals surface area contributed by atoms with Crippen LogP contribution >= 0.6 is 0 Å². The smallest absolute Gasteiger partial charge is 0.143 e. The number of rotatable bonds is 9. The van der Waals surface area contributed by atoms with Gasteiger partial charge in [-0.05, 0) is 133 Å². The number of anilines is 3. The molecule has 12 aromatic rings. The lowest BCUT2D eigenvalue weighted by Crippen LogP contribution is -2.09. The van der Waals surface area contributed by atoms with Gasteiger partial charge in [0.1, 0.15) is 11.2 Å². The summed E-state index contributed by atoms with van der Waals surface area (Å²) in [5, 5.41) is 4.77. The quantitative estimate of drug-likeness (QED) is 0.144. The molecular formula is C64H43NO. The molecule has 0 aliphatic carbocycles. The van der Waals surface area contributed by atoms with Crippen LogP contribution in [0.1, 0.15) is 0 Å². The van der Waals surface area contributed by atoms with Gasteiger partial charge in [0.15, 0.2) is 0 Å². The van der Waals surface area contributed by atoms with E-state index in [4.69, 9.17) is 4.42 Å². The minimum absolute atomic E-state index is 0.902. The zero-order valence-electron chi connectivity index (χ0n) is 36.2. The number of fused-ring (bicyclic) bond motifs is 4. The van der Waals surface area contributed by atoms with E-state index in [-0.39, 0.29) is 0 Å². The first-order valence-electron chi connectivity index (χ1n) is 22.6. The molecule has 2 heteroatoms. The zero-order chi connectivity index (χ0) is 43.8. The summed E-state index contributed by atoms with van der Waals surface area (Å²) in [5.41, 5.74) is 19.2. The third-order valence-electron chi connectivity index (χ3n) is 12.9. The Hall–Kier alpha value is -8.72. The fourth-order valence-corrected chi connectivity index (χ4v) is 9.43. The highest BCUT2D eigenvalue weighted by molar-refractivity contribution is 6.09. The molecule has 0 aliphatic rings. The lowest BCUT2D eigenvalue weighted by Gasteiger charge is -2.26. The maximum Gasteiger partial charge on any atom is 0.143 e. The summed E-state index contributed by atoms with van der Waals surface area (Å²) < 4.78 is 6.44. The molecule has 1 aromatic heterocycles. The van der Waals surface area contributed by atoms with Crippen molar-refractivity contribution < 1.29 is 4.42 Å². The van der Waals surface area contributed by atoms with Crippen LogP contribution in [0.4, 0.5) is 17.1 Å². The molecule has 0 aliphatic heterocycles. The Morgan fingerprint density at radius 1 is 0.242 bits per heavy atom. The monoisotopic (exact) mass is 841 g/mol. The van der Waals surface area contributed by atoms with E-state index in [1.54, 1.807) is 0 Å². The Balaban J connectivity index is 0.873. The summed E-state index contributed by atoms with van der Waals surface area (Å²) in [6.07, 6.45) is 0. The van der Waals surface area contributed by atoms with Gasteiger partial charge in [-0.15, -0.1) is 0 Å². The molecule has 2 nitrogen and oxygen atoms in total. The Kier molecular flexibility index (Phi) is 9.89. The second kappa shape index (κ2) is 16.8. The average Bonchev–Trinajstić information content (AvgIpc) is 3.79. The highest BCUT2D eigenvalue weighted by atomic mass is 16.3. The number of nitrogens with zero attached hydrogens (tertiary/aromatic N) is 1. The molecule has 0 saturated carbocycles.